The smallest absolute Gasteiger partial charge is 0.335 e. The van der Waals surface area contributed by atoms with Crippen LogP contribution in [0.25, 0.3) is 0 Å². The summed E-state index contributed by atoms with van der Waals surface area (Å²) in [7, 11) is 0. The Kier molecular flexibility index (Phi) is 5.65. The Morgan fingerprint density at radius 3 is 2.72 bits per heavy atom. The van der Waals surface area contributed by atoms with Gasteiger partial charge in [0.05, 0.1) is 5.56 Å². The van der Waals surface area contributed by atoms with E-state index in [2.05, 4.69) is 25.7 Å². The molecule has 0 aliphatic carbocycles. The zero-order valence-electron chi connectivity index (χ0n) is 11.2. The number of carboxylic acid groups (broad SMARTS) is 1. The van der Waals surface area contributed by atoms with E-state index in [1.807, 2.05) is 0 Å². The van der Waals surface area contributed by atoms with E-state index in [0.29, 0.717) is 18.4 Å². The molecule has 0 aliphatic rings. The first kappa shape index (κ1) is 14.5. The molecule has 18 heavy (non-hydrogen) atoms. The van der Waals surface area contributed by atoms with Crippen molar-refractivity contribution in [1.82, 2.24) is 4.90 Å². The van der Waals surface area contributed by atoms with Crippen LogP contribution in [-0.2, 0) is 0 Å². The minimum absolute atomic E-state index is 0.253. The number of rotatable bonds is 7. The van der Waals surface area contributed by atoms with Gasteiger partial charge in [-0.3, -0.25) is 4.90 Å². The molecule has 0 heterocycles. The summed E-state index contributed by atoms with van der Waals surface area (Å²) in [6.45, 7) is 8.80. The molecule has 4 nitrogen and oxygen atoms in total. The minimum Gasteiger partial charge on any atom is -0.492 e. The van der Waals surface area contributed by atoms with Gasteiger partial charge in [-0.05, 0) is 38.6 Å². The summed E-state index contributed by atoms with van der Waals surface area (Å²) in [6.07, 6.45) is 0. The quantitative estimate of drug-likeness (QED) is 0.809. The standard InChI is InChI=1S/C14H21NO3/c1-4-15(11(2)3)8-9-18-13-7-5-6-12(10-13)14(16)17/h5-7,10-11H,4,8-9H2,1-3H3,(H,16,17). The summed E-state index contributed by atoms with van der Waals surface area (Å²) in [5.41, 5.74) is 0.253. The molecule has 0 aliphatic heterocycles. The second-order valence-corrected chi connectivity index (χ2v) is 4.40. The van der Waals surface area contributed by atoms with Gasteiger partial charge in [-0.1, -0.05) is 13.0 Å². The van der Waals surface area contributed by atoms with Crippen molar-refractivity contribution in [1.29, 1.82) is 0 Å². The minimum atomic E-state index is -0.933. The Labute approximate surface area is 108 Å². The summed E-state index contributed by atoms with van der Waals surface area (Å²) >= 11 is 0. The fourth-order valence-corrected chi connectivity index (χ4v) is 1.78. The maximum Gasteiger partial charge on any atom is 0.335 e. The molecule has 0 fully saturated rings. The molecule has 0 unspecified atom stereocenters. The van der Waals surface area contributed by atoms with Gasteiger partial charge >= 0.3 is 5.97 Å². The Hall–Kier alpha value is -1.55. The first-order valence-electron chi connectivity index (χ1n) is 6.24. The summed E-state index contributed by atoms with van der Waals surface area (Å²) in [4.78, 5) is 13.1. The number of hydrogen-bond acceptors (Lipinski definition) is 3. The molecule has 0 aromatic heterocycles. The van der Waals surface area contributed by atoms with Crippen molar-refractivity contribution in [3.63, 3.8) is 0 Å². The molecule has 1 aromatic rings. The largest absolute Gasteiger partial charge is 0.492 e. The number of benzene rings is 1. The van der Waals surface area contributed by atoms with E-state index in [1.54, 1.807) is 24.3 Å². The zero-order chi connectivity index (χ0) is 13.5. The molecule has 0 spiro atoms. The van der Waals surface area contributed by atoms with E-state index in [-0.39, 0.29) is 5.56 Å². The third-order valence-corrected chi connectivity index (χ3v) is 2.86. The lowest BCUT2D eigenvalue weighted by Gasteiger charge is -2.24. The first-order valence-corrected chi connectivity index (χ1v) is 6.24. The van der Waals surface area contributed by atoms with E-state index in [0.717, 1.165) is 13.1 Å². The lowest BCUT2D eigenvalue weighted by atomic mass is 10.2. The third kappa shape index (κ3) is 4.37. The van der Waals surface area contributed by atoms with Crippen LogP contribution in [0.15, 0.2) is 24.3 Å². The van der Waals surface area contributed by atoms with Crippen molar-refractivity contribution in [2.45, 2.75) is 26.8 Å². The molecule has 0 saturated carbocycles. The van der Waals surface area contributed by atoms with Crippen LogP contribution in [0.1, 0.15) is 31.1 Å². The Bertz CT molecular complexity index is 390. The van der Waals surface area contributed by atoms with E-state index in [4.69, 9.17) is 9.84 Å². The van der Waals surface area contributed by atoms with Gasteiger partial charge in [-0.25, -0.2) is 4.79 Å². The van der Waals surface area contributed by atoms with Gasteiger partial charge in [0.2, 0.25) is 0 Å². The summed E-state index contributed by atoms with van der Waals surface area (Å²) in [5.74, 6) is -0.326. The van der Waals surface area contributed by atoms with Gasteiger partial charge in [0.15, 0.2) is 0 Å². The van der Waals surface area contributed by atoms with Crippen molar-refractivity contribution in [3.05, 3.63) is 29.8 Å². The highest BCUT2D eigenvalue weighted by Gasteiger charge is 2.07. The molecule has 1 N–H and O–H groups in total. The number of carboxylic acids is 1. The topological polar surface area (TPSA) is 49.8 Å². The second kappa shape index (κ2) is 7.01. The number of ether oxygens (including phenoxy) is 1. The van der Waals surface area contributed by atoms with Crippen molar-refractivity contribution >= 4 is 5.97 Å². The maximum absolute atomic E-state index is 10.8. The van der Waals surface area contributed by atoms with Gasteiger partial charge in [0, 0.05) is 12.6 Å². The number of likely N-dealkylation sites (N-methyl/N-ethyl adjacent to an activating group) is 1. The molecule has 0 amide bonds. The van der Waals surface area contributed by atoms with Crippen LogP contribution < -0.4 is 4.74 Å². The number of aromatic carboxylic acids is 1. The van der Waals surface area contributed by atoms with Crippen LogP contribution in [0.5, 0.6) is 5.75 Å². The maximum atomic E-state index is 10.8. The lowest BCUT2D eigenvalue weighted by Crippen LogP contribution is -2.34. The molecule has 0 saturated heterocycles. The van der Waals surface area contributed by atoms with Crippen LogP contribution in [0.3, 0.4) is 0 Å². The molecular weight excluding hydrogens is 230 g/mol. The molecule has 0 radical (unpaired) electrons. The normalized spacial score (nSPS) is 10.9. The van der Waals surface area contributed by atoms with Gasteiger partial charge in [0.1, 0.15) is 12.4 Å². The van der Waals surface area contributed by atoms with Crippen LogP contribution in [-0.4, -0.2) is 41.7 Å². The Balaban J connectivity index is 2.48. The number of nitrogens with zero attached hydrogens (tertiary/aromatic N) is 1. The Morgan fingerprint density at radius 2 is 2.17 bits per heavy atom. The average Bonchev–Trinajstić information content (AvgIpc) is 2.34. The zero-order valence-corrected chi connectivity index (χ0v) is 11.2. The first-order chi connectivity index (χ1) is 8.54. The average molecular weight is 251 g/mol. The fourth-order valence-electron chi connectivity index (χ4n) is 1.78. The van der Waals surface area contributed by atoms with Gasteiger partial charge in [0.25, 0.3) is 0 Å². The third-order valence-electron chi connectivity index (χ3n) is 2.86. The van der Waals surface area contributed by atoms with Gasteiger partial charge < -0.3 is 9.84 Å². The highest BCUT2D eigenvalue weighted by Crippen LogP contribution is 2.13. The lowest BCUT2D eigenvalue weighted by molar-refractivity contribution is 0.0696. The molecule has 4 heteroatoms. The van der Waals surface area contributed by atoms with Crippen molar-refractivity contribution in [2.24, 2.45) is 0 Å². The van der Waals surface area contributed by atoms with E-state index in [1.165, 1.54) is 0 Å². The summed E-state index contributed by atoms with van der Waals surface area (Å²) in [5, 5.41) is 8.87. The van der Waals surface area contributed by atoms with Crippen LogP contribution in [0.4, 0.5) is 0 Å². The SMILES string of the molecule is CCN(CCOc1cccc(C(=O)O)c1)C(C)C. The molecule has 0 atom stereocenters. The van der Waals surface area contributed by atoms with Gasteiger partial charge in [-0.15, -0.1) is 0 Å². The predicted molar refractivity (Wildman–Crippen MR) is 71.3 cm³/mol. The van der Waals surface area contributed by atoms with Crippen LogP contribution in [0.2, 0.25) is 0 Å². The molecule has 0 bridgehead atoms. The highest BCUT2D eigenvalue weighted by atomic mass is 16.5. The van der Waals surface area contributed by atoms with Crippen molar-refractivity contribution in [2.75, 3.05) is 19.7 Å². The number of carbonyl (C=O) groups is 1. The van der Waals surface area contributed by atoms with Gasteiger partial charge in [-0.2, -0.15) is 0 Å². The molecular formula is C14H21NO3. The van der Waals surface area contributed by atoms with E-state index >= 15 is 0 Å². The summed E-state index contributed by atoms with van der Waals surface area (Å²) < 4.78 is 5.57. The van der Waals surface area contributed by atoms with E-state index in [9.17, 15) is 4.79 Å². The monoisotopic (exact) mass is 251 g/mol. The molecule has 1 aromatic carbocycles. The van der Waals surface area contributed by atoms with Crippen LogP contribution in [0, 0.1) is 0 Å². The Morgan fingerprint density at radius 1 is 1.44 bits per heavy atom. The second-order valence-electron chi connectivity index (χ2n) is 4.40. The summed E-state index contributed by atoms with van der Waals surface area (Å²) in [6, 6.07) is 7.07. The van der Waals surface area contributed by atoms with Crippen molar-refractivity contribution < 1.29 is 14.6 Å². The molecule has 1 rings (SSSR count). The highest BCUT2D eigenvalue weighted by molar-refractivity contribution is 5.87. The number of hydrogen-bond donors (Lipinski definition) is 1. The fraction of sp³-hybridized carbons (Fsp3) is 0.500. The van der Waals surface area contributed by atoms with Crippen LogP contribution >= 0.6 is 0 Å². The molecule has 100 valence electrons. The predicted octanol–water partition coefficient (Wildman–Crippen LogP) is 2.49. The van der Waals surface area contributed by atoms with Crippen molar-refractivity contribution in [3.8, 4) is 5.75 Å². The van der Waals surface area contributed by atoms with E-state index < -0.39 is 5.97 Å².